The lowest BCUT2D eigenvalue weighted by Crippen LogP contribution is -2.12. The third-order valence-corrected chi connectivity index (χ3v) is 4.81. The van der Waals surface area contributed by atoms with Gasteiger partial charge in [0, 0.05) is 11.8 Å². The normalized spacial score (nSPS) is 18.8. The molecule has 0 amide bonds. The van der Waals surface area contributed by atoms with Crippen molar-refractivity contribution in [3.05, 3.63) is 0 Å². The van der Waals surface area contributed by atoms with Gasteiger partial charge in [-0.05, 0) is 39.0 Å². The molecule has 1 rings (SSSR count). The summed E-state index contributed by atoms with van der Waals surface area (Å²) in [5.41, 5.74) is 1.51. The average Bonchev–Trinajstić information content (AvgIpc) is 2.48. The molecule has 0 aromatic carbocycles. The van der Waals surface area contributed by atoms with Crippen LogP contribution in [0.5, 0.6) is 0 Å². The molecule has 1 aliphatic rings. The average molecular weight is 294 g/mol. The summed E-state index contributed by atoms with van der Waals surface area (Å²) in [4.78, 5) is 4.79. The summed E-state index contributed by atoms with van der Waals surface area (Å²) in [6.07, 6.45) is 22.5. The molecule has 0 radical (unpaired) electrons. The Bertz CT molecular complexity index is 257. The quantitative estimate of drug-likeness (QED) is 0.321. The van der Waals surface area contributed by atoms with Gasteiger partial charge in [-0.3, -0.25) is 4.99 Å². The van der Waals surface area contributed by atoms with Gasteiger partial charge in [0.15, 0.2) is 0 Å². The summed E-state index contributed by atoms with van der Waals surface area (Å²) in [6, 6.07) is 0.603. The fourth-order valence-electron chi connectivity index (χ4n) is 3.40. The van der Waals surface area contributed by atoms with E-state index in [-0.39, 0.29) is 0 Å². The van der Waals surface area contributed by atoms with Crippen LogP contribution < -0.4 is 0 Å². The van der Waals surface area contributed by atoms with Crippen LogP contribution in [0.15, 0.2) is 4.99 Å². The smallest absolute Gasteiger partial charge is 0.0470 e. The predicted octanol–water partition coefficient (Wildman–Crippen LogP) is 7.09. The third-order valence-electron chi connectivity index (χ3n) is 4.81. The van der Waals surface area contributed by atoms with Gasteiger partial charge in [-0.25, -0.2) is 0 Å². The van der Waals surface area contributed by atoms with E-state index in [9.17, 15) is 0 Å². The van der Waals surface area contributed by atoms with Crippen LogP contribution in [0.4, 0.5) is 0 Å². The molecule has 0 aliphatic carbocycles. The molecule has 0 bridgehead atoms. The highest BCUT2D eigenvalue weighted by atomic mass is 14.8. The van der Waals surface area contributed by atoms with Crippen LogP contribution >= 0.6 is 0 Å². The van der Waals surface area contributed by atoms with E-state index in [0.717, 1.165) is 0 Å². The molecule has 1 heteroatoms. The van der Waals surface area contributed by atoms with Crippen molar-refractivity contribution in [3.8, 4) is 0 Å². The van der Waals surface area contributed by atoms with E-state index in [1.165, 1.54) is 108 Å². The molecule has 0 saturated carbocycles. The first-order valence-corrected chi connectivity index (χ1v) is 9.88. The minimum atomic E-state index is 0.603. The van der Waals surface area contributed by atoms with Crippen LogP contribution in [-0.2, 0) is 0 Å². The van der Waals surface area contributed by atoms with Gasteiger partial charge in [0.25, 0.3) is 0 Å². The summed E-state index contributed by atoms with van der Waals surface area (Å²) >= 11 is 0. The Morgan fingerprint density at radius 1 is 0.810 bits per heavy atom. The van der Waals surface area contributed by atoms with Gasteiger partial charge in [0.05, 0.1) is 0 Å². The van der Waals surface area contributed by atoms with Crippen LogP contribution in [0.3, 0.4) is 0 Å². The topological polar surface area (TPSA) is 12.4 Å². The Balaban J connectivity index is 1.78. The van der Waals surface area contributed by atoms with E-state index in [2.05, 4.69) is 13.8 Å². The Kier molecular flexibility index (Phi) is 11.9. The first-order chi connectivity index (χ1) is 10.3. The van der Waals surface area contributed by atoms with Gasteiger partial charge >= 0.3 is 0 Å². The number of nitrogens with zero attached hydrogens (tertiary/aromatic N) is 1. The van der Waals surface area contributed by atoms with Gasteiger partial charge < -0.3 is 0 Å². The highest BCUT2D eigenvalue weighted by molar-refractivity contribution is 5.85. The maximum Gasteiger partial charge on any atom is 0.0470 e. The van der Waals surface area contributed by atoms with Crippen molar-refractivity contribution in [2.45, 2.75) is 123 Å². The molecule has 0 aromatic heterocycles. The molecule has 124 valence electrons. The summed E-state index contributed by atoms with van der Waals surface area (Å²) in [5.74, 6) is 0. The number of hydrogen-bond acceptors (Lipinski definition) is 1. The monoisotopic (exact) mass is 293 g/mol. The summed E-state index contributed by atoms with van der Waals surface area (Å²) in [6.45, 7) is 4.56. The molecule has 1 heterocycles. The van der Waals surface area contributed by atoms with E-state index < -0.39 is 0 Å². The molecular formula is C20H39N. The molecule has 1 unspecified atom stereocenters. The number of hydrogen-bond donors (Lipinski definition) is 0. The first kappa shape index (κ1) is 18.7. The zero-order valence-corrected chi connectivity index (χ0v) is 14.8. The zero-order valence-electron chi connectivity index (χ0n) is 14.8. The molecule has 1 nitrogen and oxygen atoms in total. The maximum atomic E-state index is 4.79. The van der Waals surface area contributed by atoms with Crippen molar-refractivity contribution in [2.24, 2.45) is 4.99 Å². The Hall–Kier alpha value is -0.330. The van der Waals surface area contributed by atoms with E-state index in [1.807, 2.05) is 0 Å². The molecular weight excluding hydrogens is 254 g/mol. The molecule has 0 fully saturated rings. The molecule has 0 aromatic rings. The van der Waals surface area contributed by atoms with Crippen molar-refractivity contribution in [3.63, 3.8) is 0 Å². The van der Waals surface area contributed by atoms with Gasteiger partial charge in [0.2, 0.25) is 0 Å². The van der Waals surface area contributed by atoms with Crippen LogP contribution in [0, 0.1) is 0 Å². The lowest BCUT2D eigenvalue weighted by atomic mass is 9.99. The van der Waals surface area contributed by atoms with Crippen LogP contribution in [0.1, 0.15) is 117 Å². The van der Waals surface area contributed by atoms with Crippen LogP contribution in [0.2, 0.25) is 0 Å². The number of rotatable bonds is 13. The first-order valence-electron chi connectivity index (χ1n) is 9.88. The number of aliphatic imine (C=N–C) groups is 1. The lowest BCUT2D eigenvalue weighted by Gasteiger charge is -2.16. The summed E-state index contributed by atoms with van der Waals surface area (Å²) in [5, 5.41) is 0. The number of unbranched alkanes of at least 4 members (excludes halogenated alkanes) is 11. The predicted molar refractivity (Wildman–Crippen MR) is 96.4 cm³/mol. The van der Waals surface area contributed by atoms with Gasteiger partial charge in [-0.2, -0.15) is 0 Å². The highest BCUT2D eigenvalue weighted by Crippen LogP contribution is 2.17. The van der Waals surface area contributed by atoms with E-state index in [0.29, 0.717) is 6.04 Å². The molecule has 0 saturated heterocycles. The minimum Gasteiger partial charge on any atom is -0.291 e. The Morgan fingerprint density at radius 2 is 1.33 bits per heavy atom. The summed E-state index contributed by atoms with van der Waals surface area (Å²) < 4.78 is 0. The molecule has 1 atom stereocenters. The maximum absolute atomic E-state index is 4.79. The third kappa shape index (κ3) is 11.0. The standard InChI is InChI=1S/C20H39N/c1-3-4-5-6-7-8-9-10-11-12-13-14-17-20-18-15-16-19(2)21-20/h19H,3-18H2,1-2H3. The van der Waals surface area contributed by atoms with Gasteiger partial charge in [0.1, 0.15) is 0 Å². The van der Waals surface area contributed by atoms with Crippen LogP contribution in [-0.4, -0.2) is 11.8 Å². The van der Waals surface area contributed by atoms with E-state index in [1.54, 1.807) is 0 Å². The second-order valence-electron chi connectivity index (χ2n) is 7.08. The van der Waals surface area contributed by atoms with Gasteiger partial charge in [-0.1, -0.05) is 77.6 Å². The zero-order chi connectivity index (χ0) is 15.2. The second-order valence-corrected chi connectivity index (χ2v) is 7.08. The highest BCUT2D eigenvalue weighted by Gasteiger charge is 2.09. The Morgan fingerprint density at radius 3 is 1.86 bits per heavy atom. The SMILES string of the molecule is CCCCCCCCCCCCCCC1=NC(C)CCC1. The lowest BCUT2D eigenvalue weighted by molar-refractivity contribution is 0.543. The minimum absolute atomic E-state index is 0.603. The van der Waals surface area contributed by atoms with Crippen molar-refractivity contribution >= 4 is 5.71 Å². The fraction of sp³-hybridized carbons (Fsp3) is 0.950. The van der Waals surface area contributed by atoms with E-state index >= 15 is 0 Å². The molecule has 1 aliphatic heterocycles. The molecule has 21 heavy (non-hydrogen) atoms. The second kappa shape index (κ2) is 13.3. The fourth-order valence-corrected chi connectivity index (χ4v) is 3.40. The van der Waals surface area contributed by atoms with Gasteiger partial charge in [-0.15, -0.1) is 0 Å². The summed E-state index contributed by atoms with van der Waals surface area (Å²) in [7, 11) is 0. The van der Waals surface area contributed by atoms with Crippen molar-refractivity contribution in [1.29, 1.82) is 0 Å². The van der Waals surface area contributed by atoms with E-state index in [4.69, 9.17) is 4.99 Å². The van der Waals surface area contributed by atoms with Crippen molar-refractivity contribution in [1.82, 2.24) is 0 Å². The Labute approximate surface area is 134 Å². The van der Waals surface area contributed by atoms with Crippen molar-refractivity contribution in [2.75, 3.05) is 0 Å². The largest absolute Gasteiger partial charge is 0.291 e. The molecule has 0 N–H and O–H groups in total. The molecule has 0 spiro atoms. The van der Waals surface area contributed by atoms with Crippen molar-refractivity contribution < 1.29 is 0 Å². The van der Waals surface area contributed by atoms with Crippen LogP contribution in [0.25, 0.3) is 0 Å².